The quantitative estimate of drug-likeness (QED) is 0.247. The van der Waals surface area contributed by atoms with Crippen LogP contribution in [0.15, 0.2) is 41.0 Å². The summed E-state index contributed by atoms with van der Waals surface area (Å²) in [6.45, 7) is 14.8. The van der Waals surface area contributed by atoms with Crippen LogP contribution in [-0.2, 0) is 21.8 Å². The molecule has 170 valence electrons. The van der Waals surface area contributed by atoms with Gasteiger partial charge in [0.2, 0.25) is 0 Å². The highest BCUT2D eigenvalue weighted by Gasteiger charge is 2.57. The number of pyridine rings is 1. The molecule has 0 N–H and O–H groups in total. The molecule has 2 aromatic heterocycles. The Morgan fingerprint density at radius 3 is 2.27 bits per heavy atom. The van der Waals surface area contributed by atoms with E-state index >= 15 is 0 Å². The Labute approximate surface area is 205 Å². The second kappa shape index (κ2) is 5.85. The summed E-state index contributed by atoms with van der Waals surface area (Å²) < 4.78 is 6.46. The van der Waals surface area contributed by atoms with E-state index < -0.39 is 0 Å². The molecular formula is C30H34BrN2+. The molecule has 3 heteroatoms. The van der Waals surface area contributed by atoms with Crippen molar-refractivity contribution in [3.63, 3.8) is 0 Å². The second-order valence-electron chi connectivity index (χ2n) is 12.2. The fourth-order valence-electron chi connectivity index (χ4n) is 8.48. The molecule has 7 rings (SSSR count). The average Bonchev–Trinajstić information content (AvgIpc) is 3.39. The first-order valence-corrected chi connectivity index (χ1v) is 13.6. The van der Waals surface area contributed by atoms with Crippen LogP contribution in [0.4, 0.5) is 0 Å². The molecule has 4 atom stereocenters. The Kier molecular flexibility index (Phi) is 3.63. The molecule has 3 aliphatic rings. The summed E-state index contributed by atoms with van der Waals surface area (Å²) in [5.41, 5.74) is 9.65. The van der Waals surface area contributed by atoms with E-state index in [1.165, 1.54) is 56.8 Å². The number of nitrogens with zero attached hydrogens (tertiary/aromatic N) is 2. The number of hydrogen-bond donors (Lipinski definition) is 0. The zero-order chi connectivity index (χ0) is 23.1. The van der Waals surface area contributed by atoms with Crippen LogP contribution in [-0.4, -0.2) is 4.40 Å². The summed E-state index contributed by atoms with van der Waals surface area (Å²) in [4.78, 5) is 0. The number of rotatable bonds is 2. The minimum absolute atomic E-state index is 0.000521. The van der Waals surface area contributed by atoms with E-state index in [4.69, 9.17) is 0 Å². The molecule has 2 aliphatic carbocycles. The lowest BCUT2D eigenvalue weighted by Crippen LogP contribution is -2.66. The standard InChI is InChI=1S/C30H34BrN2/c1-7-29(5)19-9-10-22(31)18-11-14-32-23-15-20-21(28(4)13-12-27(20,3)17-28)16-24(23)33(26(32)25(18)19)30(29,6)8-2/h9-11,14-16H,7-8,12-13,17H2,1-6H3/q+1. The first kappa shape index (κ1) is 20.5. The maximum atomic E-state index is 3.88. The third-order valence-electron chi connectivity index (χ3n) is 10.8. The van der Waals surface area contributed by atoms with Crippen molar-refractivity contribution in [2.24, 2.45) is 0 Å². The molecule has 0 amide bonds. The van der Waals surface area contributed by atoms with Gasteiger partial charge < -0.3 is 0 Å². The van der Waals surface area contributed by atoms with Crippen molar-refractivity contribution in [2.75, 3.05) is 0 Å². The monoisotopic (exact) mass is 501 g/mol. The van der Waals surface area contributed by atoms with Gasteiger partial charge in [-0.25, -0.2) is 4.57 Å². The van der Waals surface area contributed by atoms with Gasteiger partial charge in [0.15, 0.2) is 11.0 Å². The van der Waals surface area contributed by atoms with Gasteiger partial charge in [0.25, 0.3) is 5.65 Å². The molecule has 1 saturated carbocycles. The molecule has 2 nitrogen and oxygen atoms in total. The number of imidazole rings is 1. The van der Waals surface area contributed by atoms with Crippen LogP contribution >= 0.6 is 15.9 Å². The van der Waals surface area contributed by atoms with Gasteiger partial charge in [-0.3, -0.25) is 0 Å². The number of aromatic nitrogens is 2. The zero-order valence-corrected chi connectivity index (χ0v) is 22.4. The summed E-state index contributed by atoms with van der Waals surface area (Å²) in [6.07, 6.45) is 8.50. The predicted molar refractivity (Wildman–Crippen MR) is 140 cm³/mol. The number of benzene rings is 2. The molecule has 0 saturated heterocycles. The van der Waals surface area contributed by atoms with Crippen LogP contribution < -0.4 is 4.57 Å². The summed E-state index contributed by atoms with van der Waals surface area (Å²) in [6, 6.07) is 12.2. The minimum Gasteiger partial charge on any atom is -0.216 e. The fourth-order valence-corrected chi connectivity index (χ4v) is 8.94. The van der Waals surface area contributed by atoms with E-state index in [2.05, 4.69) is 103 Å². The summed E-state index contributed by atoms with van der Waals surface area (Å²) >= 11 is 3.88. The highest BCUT2D eigenvalue weighted by Crippen LogP contribution is 2.61. The molecule has 2 bridgehead atoms. The van der Waals surface area contributed by atoms with Crippen LogP contribution in [0.2, 0.25) is 0 Å². The van der Waals surface area contributed by atoms with Crippen LogP contribution in [0.1, 0.15) is 90.3 Å². The number of hydrogen-bond acceptors (Lipinski definition) is 0. The Bertz CT molecular complexity index is 1550. The molecule has 4 aromatic rings. The Hall–Kier alpha value is -1.87. The van der Waals surface area contributed by atoms with Gasteiger partial charge in [-0.15, -0.1) is 0 Å². The van der Waals surface area contributed by atoms with Crippen LogP contribution in [0, 0.1) is 0 Å². The van der Waals surface area contributed by atoms with Crippen molar-refractivity contribution in [3.8, 4) is 0 Å². The van der Waals surface area contributed by atoms with Crippen LogP contribution in [0.5, 0.6) is 0 Å². The van der Waals surface area contributed by atoms with Gasteiger partial charge in [0.05, 0.1) is 11.6 Å². The van der Waals surface area contributed by atoms with Crippen LogP contribution in [0.25, 0.3) is 27.5 Å². The van der Waals surface area contributed by atoms with E-state index in [9.17, 15) is 0 Å². The topological polar surface area (TPSA) is 8.29 Å². The minimum atomic E-state index is 0.000521. The predicted octanol–water partition coefficient (Wildman–Crippen LogP) is 7.82. The molecule has 0 spiro atoms. The van der Waals surface area contributed by atoms with Crippen LogP contribution in [0.3, 0.4) is 0 Å². The van der Waals surface area contributed by atoms with Crippen molar-refractivity contribution in [2.45, 2.75) is 95.4 Å². The maximum absolute atomic E-state index is 3.88. The molecule has 3 heterocycles. The number of halogens is 1. The van der Waals surface area contributed by atoms with Crippen molar-refractivity contribution >= 4 is 43.4 Å². The van der Waals surface area contributed by atoms with Gasteiger partial charge in [0.1, 0.15) is 5.54 Å². The molecule has 4 unspecified atom stereocenters. The van der Waals surface area contributed by atoms with Gasteiger partial charge in [-0.1, -0.05) is 56.6 Å². The molecule has 0 radical (unpaired) electrons. The lowest BCUT2D eigenvalue weighted by molar-refractivity contribution is -0.728. The third kappa shape index (κ3) is 2.04. The SMILES string of the molecule is CCC1(C)c2ccc(Br)c3ccn4c5cc6c(cc5[n+](c4c23)C1(C)CC)C1(C)CCC6(C)C1. The molecule has 2 aromatic carbocycles. The van der Waals surface area contributed by atoms with Gasteiger partial charge in [-0.05, 0) is 90.8 Å². The van der Waals surface area contributed by atoms with E-state index in [0.29, 0.717) is 10.8 Å². The van der Waals surface area contributed by atoms with E-state index in [0.717, 1.165) is 12.8 Å². The summed E-state index contributed by atoms with van der Waals surface area (Å²) in [5.74, 6) is 0. The van der Waals surface area contributed by atoms with Gasteiger partial charge in [-0.2, -0.15) is 4.40 Å². The lowest BCUT2D eigenvalue weighted by Gasteiger charge is -2.47. The smallest absolute Gasteiger partial charge is 0.216 e. The Morgan fingerprint density at radius 1 is 0.909 bits per heavy atom. The number of fused-ring (bicyclic) bond motifs is 8. The Morgan fingerprint density at radius 2 is 1.61 bits per heavy atom. The summed E-state index contributed by atoms with van der Waals surface area (Å²) in [5, 5.41) is 2.76. The van der Waals surface area contributed by atoms with Gasteiger partial charge >= 0.3 is 0 Å². The maximum Gasteiger partial charge on any atom is 0.296 e. The first-order valence-electron chi connectivity index (χ1n) is 12.8. The fraction of sp³-hybridized carbons (Fsp3) is 0.500. The third-order valence-corrected chi connectivity index (χ3v) is 11.5. The van der Waals surface area contributed by atoms with E-state index in [-0.39, 0.29) is 11.0 Å². The van der Waals surface area contributed by atoms with Crippen molar-refractivity contribution in [1.82, 2.24) is 4.40 Å². The highest BCUT2D eigenvalue weighted by molar-refractivity contribution is 9.10. The van der Waals surface area contributed by atoms with E-state index in [1.54, 1.807) is 11.1 Å². The highest BCUT2D eigenvalue weighted by atomic mass is 79.9. The molecule has 1 aliphatic heterocycles. The summed E-state index contributed by atoms with van der Waals surface area (Å²) in [7, 11) is 0. The van der Waals surface area contributed by atoms with Gasteiger partial charge in [0, 0.05) is 15.3 Å². The van der Waals surface area contributed by atoms with E-state index in [1.807, 2.05) is 0 Å². The second-order valence-corrected chi connectivity index (χ2v) is 13.1. The largest absolute Gasteiger partial charge is 0.296 e. The molecule has 1 fully saturated rings. The van der Waals surface area contributed by atoms with Crippen molar-refractivity contribution in [3.05, 3.63) is 57.7 Å². The lowest BCUT2D eigenvalue weighted by atomic mass is 9.62. The average molecular weight is 503 g/mol. The van der Waals surface area contributed by atoms with Crippen molar-refractivity contribution in [1.29, 1.82) is 0 Å². The first-order chi connectivity index (χ1) is 15.6. The normalized spacial score (nSPS) is 34.3. The van der Waals surface area contributed by atoms with Crippen molar-refractivity contribution < 1.29 is 4.57 Å². The zero-order valence-electron chi connectivity index (χ0n) is 20.8. The molecular weight excluding hydrogens is 468 g/mol. The molecule has 33 heavy (non-hydrogen) atoms. The Balaban J connectivity index is 1.75.